The fourth-order valence-corrected chi connectivity index (χ4v) is 3.51. The minimum Gasteiger partial charge on any atom is -0.323 e. The van der Waals surface area contributed by atoms with Crippen LogP contribution in [0, 0.1) is 0 Å². The number of piperazine rings is 1. The molecule has 12 heavy (non-hydrogen) atoms. The molecule has 0 aromatic rings. The van der Waals surface area contributed by atoms with Crippen LogP contribution >= 0.6 is 11.6 Å². The summed E-state index contributed by atoms with van der Waals surface area (Å²) >= 11 is 5.86. The number of rotatable bonds is 3. The van der Waals surface area contributed by atoms with E-state index in [2.05, 4.69) is 22.9 Å². The molecule has 0 aromatic heterocycles. The molecule has 1 rings (SSSR count). The molecule has 1 aliphatic heterocycles. The SMILES string of the molecule is CCN1CCN([SiH](C)CCl)CC1. The van der Waals surface area contributed by atoms with E-state index in [0.717, 1.165) is 5.50 Å². The summed E-state index contributed by atoms with van der Waals surface area (Å²) in [7, 11) is -0.729. The number of nitrogens with zero attached hydrogens (tertiary/aromatic N) is 2. The third-order valence-corrected chi connectivity index (χ3v) is 6.25. The number of likely N-dealkylation sites (N-methyl/N-ethyl adjacent to an activating group) is 1. The van der Waals surface area contributed by atoms with E-state index in [0.29, 0.717) is 0 Å². The third-order valence-electron chi connectivity index (χ3n) is 2.70. The van der Waals surface area contributed by atoms with Crippen LogP contribution in [0.25, 0.3) is 0 Å². The second kappa shape index (κ2) is 5.22. The van der Waals surface area contributed by atoms with E-state index in [1.165, 1.54) is 32.7 Å². The summed E-state index contributed by atoms with van der Waals surface area (Å²) in [5, 5.41) is 0. The summed E-state index contributed by atoms with van der Waals surface area (Å²) in [4.78, 5) is 2.51. The highest BCUT2D eigenvalue weighted by Gasteiger charge is 2.19. The Bertz CT molecular complexity index is 126. The van der Waals surface area contributed by atoms with E-state index >= 15 is 0 Å². The number of halogens is 1. The highest BCUT2D eigenvalue weighted by atomic mass is 35.5. The van der Waals surface area contributed by atoms with Crippen LogP contribution in [0.2, 0.25) is 6.55 Å². The van der Waals surface area contributed by atoms with Gasteiger partial charge in [-0.2, -0.15) is 0 Å². The molecule has 1 heterocycles. The third kappa shape index (κ3) is 2.73. The van der Waals surface area contributed by atoms with E-state index < -0.39 is 8.96 Å². The van der Waals surface area contributed by atoms with Gasteiger partial charge < -0.3 is 9.47 Å². The second-order valence-corrected chi connectivity index (χ2v) is 7.14. The van der Waals surface area contributed by atoms with Crippen LogP contribution in [0.4, 0.5) is 0 Å². The standard InChI is InChI=1S/C8H19ClN2Si/c1-3-10-4-6-11(7-5-10)12(2)8-9/h12H,3-8H2,1-2H3. The van der Waals surface area contributed by atoms with E-state index in [1.807, 2.05) is 0 Å². The average Bonchev–Trinajstić information content (AvgIpc) is 2.17. The Morgan fingerprint density at radius 2 is 1.83 bits per heavy atom. The van der Waals surface area contributed by atoms with Gasteiger partial charge in [0.15, 0.2) is 0 Å². The lowest BCUT2D eigenvalue weighted by molar-refractivity contribution is 0.195. The summed E-state index contributed by atoms with van der Waals surface area (Å²) in [5.74, 6) is 0. The number of hydrogen-bond acceptors (Lipinski definition) is 2. The summed E-state index contributed by atoms with van der Waals surface area (Å²) in [5.41, 5.74) is 0.895. The van der Waals surface area contributed by atoms with Crippen LogP contribution in [0.1, 0.15) is 6.92 Å². The molecule has 0 radical (unpaired) electrons. The molecule has 1 unspecified atom stereocenters. The molecule has 0 amide bonds. The first-order valence-corrected chi connectivity index (χ1v) is 7.82. The molecule has 2 nitrogen and oxygen atoms in total. The van der Waals surface area contributed by atoms with Crippen molar-refractivity contribution in [2.24, 2.45) is 0 Å². The van der Waals surface area contributed by atoms with Crippen molar-refractivity contribution in [1.82, 2.24) is 9.47 Å². The zero-order valence-electron chi connectivity index (χ0n) is 8.09. The molecule has 0 saturated carbocycles. The maximum Gasteiger partial charge on any atom is 0.123 e. The first-order valence-electron chi connectivity index (χ1n) is 4.80. The van der Waals surface area contributed by atoms with E-state index in [9.17, 15) is 0 Å². The normalized spacial score (nSPS) is 24.2. The highest BCUT2D eigenvalue weighted by Crippen LogP contribution is 2.04. The van der Waals surface area contributed by atoms with Crippen molar-refractivity contribution in [2.75, 3.05) is 38.2 Å². The van der Waals surface area contributed by atoms with Crippen molar-refractivity contribution in [2.45, 2.75) is 13.5 Å². The summed E-state index contributed by atoms with van der Waals surface area (Å²) < 4.78 is 2.61. The van der Waals surface area contributed by atoms with Gasteiger partial charge in [0, 0.05) is 31.7 Å². The van der Waals surface area contributed by atoms with Gasteiger partial charge in [-0.1, -0.05) is 13.5 Å². The lowest BCUT2D eigenvalue weighted by Crippen LogP contribution is -2.51. The number of alkyl halides is 1. The quantitative estimate of drug-likeness (QED) is 0.497. The van der Waals surface area contributed by atoms with Gasteiger partial charge in [0.05, 0.1) is 0 Å². The Balaban J connectivity index is 2.25. The van der Waals surface area contributed by atoms with E-state index in [4.69, 9.17) is 11.6 Å². The molecule has 72 valence electrons. The smallest absolute Gasteiger partial charge is 0.123 e. The maximum absolute atomic E-state index is 5.86. The van der Waals surface area contributed by atoms with Crippen molar-refractivity contribution in [1.29, 1.82) is 0 Å². The van der Waals surface area contributed by atoms with Gasteiger partial charge in [-0.25, -0.2) is 0 Å². The minimum atomic E-state index is -0.729. The second-order valence-electron chi connectivity index (χ2n) is 3.47. The van der Waals surface area contributed by atoms with Crippen LogP contribution in [0.15, 0.2) is 0 Å². The van der Waals surface area contributed by atoms with E-state index in [-0.39, 0.29) is 0 Å². The van der Waals surface area contributed by atoms with Crippen molar-refractivity contribution >= 4 is 20.6 Å². The molecule has 1 aliphatic rings. The Kier molecular flexibility index (Phi) is 4.57. The topological polar surface area (TPSA) is 6.48 Å². The van der Waals surface area contributed by atoms with Crippen LogP contribution in [0.5, 0.6) is 0 Å². The Labute approximate surface area is 82.2 Å². The van der Waals surface area contributed by atoms with Gasteiger partial charge in [0.25, 0.3) is 0 Å². The molecular formula is C8H19ClN2Si. The predicted octanol–water partition coefficient (Wildman–Crippen LogP) is 0.755. The van der Waals surface area contributed by atoms with Crippen molar-refractivity contribution in [3.63, 3.8) is 0 Å². The molecule has 0 bridgehead atoms. The van der Waals surface area contributed by atoms with Gasteiger partial charge in [0.1, 0.15) is 8.96 Å². The molecule has 0 aromatic carbocycles. The van der Waals surface area contributed by atoms with E-state index in [1.54, 1.807) is 0 Å². The molecule has 1 saturated heterocycles. The van der Waals surface area contributed by atoms with Gasteiger partial charge in [0.2, 0.25) is 0 Å². The predicted molar refractivity (Wildman–Crippen MR) is 57.4 cm³/mol. The molecule has 0 N–H and O–H groups in total. The van der Waals surface area contributed by atoms with Gasteiger partial charge in [-0.05, 0) is 6.54 Å². The molecule has 0 aliphatic carbocycles. The minimum absolute atomic E-state index is 0.729. The Morgan fingerprint density at radius 3 is 2.25 bits per heavy atom. The van der Waals surface area contributed by atoms with Gasteiger partial charge in [-0.15, -0.1) is 11.6 Å². The average molecular weight is 207 g/mol. The zero-order chi connectivity index (χ0) is 8.97. The Hall–Kier alpha value is 0.427. The lowest BCUT2D eigenvalue weighted by atomic mass is 10.4. The maximum atomic E-state index is 5.86. The lowest BCUT2D eigenvalue weighted by Gasteiger charge is -2.36. The van der Waals surface area contributed by atoms with Crippen LogP contribution in [0.3, 0.4) is 0 Å². The monoisotopic (exact) mass is 206 g/mol. The van der Waals surface area contributed by atoms with Gasteiger partial charge in [-0.3, -0.25) is 0 Å². The highest BCUT2D eigenvalue weighted by molar-refractivity contribution is 6.63. The largest absolute Gasteiger partial charge is 0.323 e. The van der Waals surface area contributed by atoms with Crippen molar-refractivity contribution in [3.8, 4) is 0 Å². The fraction of sp³-hybridized carbons (Fsp3) is 1.00. The first kappa shape index (κ1) is 10.5. The molecule has 1 fully saturated rings. The van der Waals surface area contributed by atoms with Gasteiger partial charge >= 0.3 is 0 Å². The fourth-order valence-electron chi connectivity index (χ4n) is 1.62. The summed E-state index contributed by atoms with van der Waals surface area (Å²) in [6.45, 7) is 10.7. The van der Waals surface area contributed by atoms with Crippen LogP contribution in [-0.2, 0) is 0 Å². The van der Waals surface area contributed by atoms with Crippen LogP contribution in [-0.4, -0.2) is 56.7 Å². The number of hydrogen-bond donors (Lipinski definition) is 0. The zero-order valence-corrected chi connectivity index (χ0v) is 10.0. The molecule has 0 spiro atoms. The first-order chi connectivity index (χ1) is 5.77. The molecule has 1 atom stereocenters. The molecular weight excluding hydrogens is 188 g/mol. The molecule has 4 heteroatoms. The summed E-state index contributed by atoms with van der Waals surface area (Å²) in [6.07, 6.45) is 0. The van der Waals surface area contributed by atoms with Crippen LogP contribution < -0.4 is 0 Å². The van der Waals surface area contributed by atoms with Crippen molar-refractivity contribution in [3.05, 3.63) is 0 Å². The summed E-state index contributed by atoms with van der Waals surface area (Å²) in [6, 6.07) is 0. The Morgan fingerprint density at radius 1 is 1.25 bits per heavy atom. The van der Waals surface area contributed by atoms with Crippen molar-refractivity contribution < 1.29 is 0 Å².